The lowest BCUT2D eigenvalue weighted by molar-refractivity contribution is 0.402. The molecule has 0 saturated heterocycles. The highest BCUT2D eigenvalue weighted by molar-refractivity contribution is 5.45. The number of ether oxygens (including phenoxy) is 5. The van der Waals surface area contributed by atoms with Crippen molar-refractivity contribution >= 4 is 0 Å². The van der Waals surface area contributed by atoms with Crippen LogP contribution in [-0.4, -0.2) is 33.5 Å². The maximum absolute atomic E-state index is 9.97. The number of phenolic OH excluding ortho intramolecular Hbond substituents is 1. The second kappa shape index (κ2) is 12.8. The first kappa shape index (κ1) is 26.7. The van der Waals surface area contributed by atoms with Crippen molar-refractivity contribution in [2.75, 3.05) is 28.4 Å². The molecule has 4 aromatic rings. The van der Waals surface area contributed by atoms with Crippen LogP contribution >= 0.6 is 0 Å². The molecule has 4 aromatic carbocycles. The van der Waals surface area contributed by atoms with Gasteiger partial charge in [-0.05, 0) is 96.5 Å². The number of aryl methyl sites for hydroxylation is 4. The lowest BCUT2D eigenvalue weighted by Gasteiger charge is -2.13. The number of benzene rings is 4. The monoisotopic (exact) mass is 514 g/mol. The molecule has 0 aromatic heterocycles. The summed E-state index contributed by atoms with van der Waals surface area (Å²) in [6.45, 7) is 0. The largest absolute Gasteiger partial charge is 0.508 e. The van der Waals surface area contributed by atoms with Gasteiger partial charge in [-0.2, -0.15) is 0 Å². The normalized spacial score (nSPS) is 10.6. The lowest BCUT2D eigenvalue weighted by atomic mass is 10.0. The summed E-state index contributed by atoms with van der Waals surface area (Å²) in [5.74, 6) is 4.51. The molecule has 198 valence electrons. The Kier molecular flexibility index (Phi) is 8.98. The van der Waals surface area contributed by atoms with Gasteiger partial charge in [-0.15, -0.1) is 0 Å². The minimum Gasteiger partial charge on any atom is -0.508 e. The van der Waals surface area contributed by atoms with Gasteiger partial charge >= 0.3 is 0 Å². The van der Waals surface area contributed by atoms with E-state index in [1.54, 1.807) is 40.6 Å². The van der Waals surface area contributed by atoms with Crippen LogP contribution in [0.5, 0.6) is 40.2 Å². The van der Waals surface area contributed by atoms with Crippen LogP contribution in [0.25, 0.3) is 0 Å². The molecule has 0 aliphatic carbocycles. The van der Waals surface area contributed by atoms with Gasteiger partial charge in [-0.1, -0.05) is 12.1 Å². The van der Waals surface area contributed by atoms with Gasteiger partial charge < -0.3 is 28.8 Å². The molecule has 0 aliphatic heterocycles. The van der Waals surface area contributed by atoms with Crippen molar-refractivity contribution in [3.05, 3.63) is 101 Å². The molecule has 6 heteroatoms. The highest BCUT2D eigenvalue weighted by Crippen LogP contribution is 2.32. The molecular weight excluding hydrogens is 480 g/mol. The second-order valence-corrected chi connectivity index (χ2v) is 9.03. The summed E-state index contributed by atoms with van der Waals surface area (Å²) in [7, 11) is 6.57. The molecule has 4 rings (SSSR count). The molecule has 0 amide bonds. The molecule has 0 unspecified atom stereocenters. The van der Waals surface area contributed by atoms with Gasteiger partial charge in [0.25, 0.3) is 0 Å². The fourth-order valence-corrected chi connectivity index (χ4v) is 4.35. The van der Waals surface area contributed by atoms with Gasteiger partial charge in [0.2, 0.25) is 0 Å². The zero-order valence-electron chi connectivity index (χ0n) is 22.3. The van der Waals surface area contributed by atoms with E-state index >= 15 is 0 Å². The number of hydrogen-bond acceptors (Lipinski definition) is 6. The fourth-order valence-electron chi connectivity index (χ4n) is 4.35. The summed E-state index contributed by atoms with van der Waals surface area (Å²) in [5, 5.41) is 9.97. The van der Waals surface area contributed by atoms with E-state index in [0.717, 1.165) is 53.9 Å². The smallest absolute Gasteiger partial charge is 0.131 e. The van der Waals surface area contributed by atoms with Crippen molar-refractivity contribution in [3.8, 4) is 40.2 Å². The molecule has 0 aliphatic rings. The van der Waals surface area contributed by atoms with Crippen molar-refractivity contribution in [1.29, 1.82) is 0 Å². The maximum Gasteiger partial charge on any atom is 0.131 e. The first-order valence-corrected chi connectivity index (χ1v) is 12.5. The summed E-state index contributed by atoms with van der Waals surface area (Å²) in [5.41, 5.74) is 4.36. The van der Waals surface area contributed by atoms with Gasteiger partial charge in [-0.25, -0.2) is 0 Å². The Morgan fingerprint density at radius 3 is 1.39 bits per heavy atom. The van der Waals surface area contributed by atoms with Gasteiger partial charge in [0.1, 0.15) is 40.2 Å². The van der Waals surface area contributed by atoms with Crippen LogP contribution in [-0.2, 0) is 25.7 Å². The summed E-state index contributed by atoms with van der Waals surface area (Å²) in [6, 6.07) is 25.2. The van der Waals surface area contributed by atoms with Crippen molar-refractivity contribution in [2.45, 2.75) is 25.7 Å². The zero-order valence-corrected chi connectivity index (χ0v) is 22.3. The molecule has 6 nitrogen and oxygen atoms in total. The second-order valence-electron chi connectivity index (χ2n) is 9.03. The lowest BCUT2D eigenvalue weighted by Crippen LogP contribution is -1.97. The topological polar surface area (TPSA) is 66.4 Å². The Morgan fingerprint density at radius 2 is 0.868 bits per heavy atom. The highest BCUT2D eigenvalue weighted by atomic mass is 16.5. The van der Waals surface area contributed by atoms with Crippen LogP contribution in [0.4, 0.5) is 0 Å². The predicted molar refractivity (Wildman–Crippen MR) is 149 cm³/mol. The van der Waals surface area contributed by atoms with E-state index < -0.39 is 0 Å². The third kappa shape index (κ3) is 7.35. The van der Waals surface area contributed by atoms with Crippen LogP contribution in [0.1, 0.15) is 22.3 Å². The third-order valence-electron chi connectivity index (χ3n) is 6.31. The Hall–Kier alpha value is -4.32. The number of aromatic hydroxyl groups is 1. The van der Waals surface area contributed by atoms with Gasteiger partial charge in [-0.3, -0.25) is 0 Å². The minimum absolute atomic E-state index is 0.189. The molecule has 0 radical (unpaired) electrons. The standard InChI is InChI=1S/C32H34O6/c1-34-27-7-5-6-22(13-27)8-9-24-15-29(36-3)20-31(17-24)38-32-18-25(16-30(21-32)37-4)11-10-23-12-26(33)19-28(14-23)35-2/h5-7,12-21,33H,8-11H2,1-4H3. The fraction of sp³-hybridized carbons (Fsp3) is 0.250. The van der Waals surface area contributed by atoms with Crippen LogP contribution < -0.4 is 23.7 Å². The summed E-state index contributed by atoms with van der Waals surface area (Å²) >= 11 is 0. The first-order valence-electron chi connectivity index (χ1n) is 12.5. The van der Waals surface area contributed by atoms with Crippen molar-refractivity contribution in [1.82, 2.24) is 0 Å². The Morgan fingerprint density at radius 1 is 0.447 bits per heavy atom. The van der Waals surface area contributed by atoms with E-state index in [1.807, 2.05) is 54.6 Å². The molecular formula is C32H34O6. The van der Waals surface area contributed by atoms with Gasteiger partial charge in [0, 0.05) is 18.2 Å². The van der Waals surface area contributed by atoms with E-state index in [9.17, 15) is 5.11 Å². The van der Waals surface area contributed by atoms with Crippen molar-refractivity contribution < 1.29 is 28.8 Å². The number of rotatable bonds is 12. The number of phenols is 1. The van der Waals surface area contributed by atoms with Crippen LogP contribution in [0.3, 0.4) is 0 Å². The van der Waals surface area contributed by atoms with Crippen LogP contribution in [0.2, 0.25) is 0 Å². The van der Waals surface area contributed by atoms with E-state index in [1.165, 1.54) is 5.56 Å². The van der Waals surface area contributed by atoms with Crippen LogP contribution in [0.15, 0.2) is 78.9 Å². The van der Waals surface area contributed by atoms with Gasteiger partial charge in [0.15, 0.2) is 0 Å². The van der Waals surface area contributed by atoms with E-state index in [2.05, 4.69) is 12.1 Å². The molecule has 1 N–H and O–H groups in total. The number of methoxy groups -OCH3 is 4. The Labute approximate surface area is 224 Å². The van der Waals surface area contributed by atoms with Crippen molar-refractivity contribution in [2.24, 2.45) is 0 Å². The highest BCUT2D eigenvalue weighted by Gasteiger charge is 2.09. The van der Waals surface area contributed by atoms with Crippen molar-refractivity contribution in [3.63, 3.8) is 0 Å². The average Bonchev–Trinajstić information content (AvgIpc) is 2.94. The predicted octanol–water partition coefficient (Wildman–Crippen LogP) is 6.79. The first-order chi connectivity index (χ1) is 18.5. The summed E-state index contributed by atoms with van der Waals surface area (Å²) < 4.78 is 28.0. The third-order valence-corrected chi connectivity index (χ3v) is 6.31. The average molecular weight is 515 g/mol. The molecule has 38 heavy (non-hydrogen) atoms. The zero-order chi connectivity index (χ0) is 26.9. The minimum atomic E-state index is 0.189. The van der Waals surface area contributed by atoms with Gasteiger partial charge in [0.05, 0.1) is 28.4 Å². The van der Waals surface area contributed by atoms with E-state index in [4.69, 9.17) is 23.7 Å². The molecule has 0 atom stereocenters. The summed E-state index contributed by atoms with van der Waals surface area (Å²) in [4.78, 5) is 0. The molecule has 0 saturated carbocycles. The Bertz CT molecular complexity index is 1360. The quantitative estimate of drug-likeness (QED) is 0.225. The van der Waals surface area contributed by atoms with E-state index in [0.29, 0.717) is 23.0 Å². The Balaban J connectivity index is 1.50. The maximum atomic E-state index is 9.97. The molecule has 0 heterocycles. The molecule has 0 spiro atoms. The molecule has 0 fully saturated rings. The van der Waals surface area contributed by atoms with Crippen LogP contribution in [0, 0.1) is 0 Å². The SMILES string of the molecule is COc1cccc(CCc2cc(OC)cc(Oc3cc(CCc4cc(O)cc(OC)c4)cc(OC)c3)c2)c1. The molecule has 0 bridgehead atoms. The summed E-state index contributed by atoms with van der Waals surface area (Å²) in [6.07, 6.45) is 3.17. The van der Waals surface area contributed by atoms with E-state index in [-0.39, 0.29) is 5.75 Å². The number of hydrogen-bond donors (Lipinski definition) is 1.